The number of rotatable bonds is 4. The van der Waals surface area contributed by atoms with Crippen molar-refractivity contribution in [2.75, 3.05) is 11.9 Å². The van der Waals surface area contributed by atoms with Gasteiger partial charge >= 0.3 is 0 Å². The van der Waals surface area contributed by atoms with Gasteiger partial charge in [0.05, 0.1) is 12.3 Å². The van der Waals surface area contributed by atoms with Crippen LogP contribution in [0.15, 0.2) is 24.3 Å². The molecule has 0 spiro atoms. The van der Waals surface area contributed by atoms with Crippen molar-refractivity contribution in [3.63, 3.8) is 0 Å². The summed E-state index contributed by atoms with van der Waals surface area (Å²) < 4.78 is 5.61. The highest BCUT2D eigenvalue weighted by atomic mass is 16.5. The highest BCUT2D eigenvalue weighted by Crippen LogP contribution is 2.27. The normalized spacial score (nSPS) is 24.4. The molecule has 1 aromatic carbocycles. The number of nitrogens with two attached hydrogens (primary N) is 1. The second-order valence-electron chi connectivity index (χ2n) is 4.63. The first-order chi connectivity index (χ1) is 8.31. The third kappa shape index (κ3) is 3.13. The summed E-state index contributed by atoms with van der Waals surface area (Å²) in [7, 11) is 0. The molecule has 1 aliphatic rings. The van der Waals surface area contributed by atoms with Gasteiger partial charge in [-0.15, -0.1) is 0 Å². The van der Waals surface area contributed by atoms with Gasteiger partial charge in [0.1, 0.15) is 5.75 Å². The lowest BCUT2D eigenvalue weighted by atomic mass is 9.91. The van der Waals surface area contributed by atoms with Crippen LogP contribution in [0.2, 0.25) is 0 Å². The topological polar surface area (TPSA) is 47.3 Å². The number of anilines is 1. The minimum absolute atomic E-state index is 0.262. The van der Waals surface area contributed by atoms with Gasteiger partial charge in [-0.05, 0) is 31.9 Å². The smallest absolute Gasteiger partial charge is 0.142 e. The summed E-state index contributed by atoms with van der Waals surface area (Å²) in [6.07, 6.45) is 4.80. The first-order valence-electron chi connectivity index (χ1n) is 6.55. The second kappa shape index (κ2) is 5.92. The molecule has 1 fully saturated rings. The molecule has 17 heavy (non-hydrogen) atoms. The molecule has 0 radical (unpaired) electrons. The zero-order valence-electron chi connectivity index (χ0n) is 10.5. The molecule has 3 N–H and O–H groups in total. The summed E-state index contributed by atoms with van der Waals surface area (Å²) >= 11 is 0. The molecule has 0 aliphatic heterocycles. The van der Waals surface area contributed by atoms with Crippen molar-refractivity contribution < 1.29 is 4.74 Å². The Morgan fingerprint density at radius 2 is 2.06 bits per heavy atom. The van der Waals surface area contributed by atoms with Crippen LogP contribution < -0.4 is 15.8 Å². The van der Waals surface area contributed by atoms with Gasteiger partial charge in [-0.2, -0.15) is 0 Å². The molecule has 3 heteroatoms. The van der Waals surface area contributed by atoms with Gasteiger partial charge in [0.15, 0.2) is 0 Å². The van der Waals surface area contributed by atoms with Crippen molar-refractivity contribution in [1.82, 2.24) is 0 Å². The van der Waals surface area contributed by atoms with Crippen molar-refractivity contribution in [3.05, 3.63) is 24.3 Å². The quantitative estimate of drug-likeness (QED) is 0.842. The molecule has 0 bridgehead atoms. The van der Waals surface area contributed by atoms with Gasteiger partial charge in [0, 0.05) is 12.1 Å². The zero-order valence-corrected chi connectivity index (χ0v) is 10.5. The number of ether oxygens (including phenoxy) is 1. The van der Waals surface area contributed by atoms with Crippen molar-refractivity contribution in [2.45, 2.75) is 44.7 Å². The summed E-state index contributed by atoms with van der Waals surface area (Å²) in [4.78, 5) is 0. The molecule has 2 atom stereocenters. The Morgan fingerprint density at radius 1 is 1.29 bits per heavy atom. The Kier molecular flexibility index (Phi) is 4.26. The molecule has 94 valence electrons. The van der Waals surface area contributed by atoms with E-state index in [1.54, 1.807) is 0 Å². The fourth-order valence-electron chi connectivity index (χ4n) is 2.41. The maximum absolute atomic E-state index is 6.15. The van der Waals surface area contributed by atoms with Crippen LogP contribution in [-0.4, -0.2) is 18.7 Å². The minimum atomic E-state index is 0.262. The fourth-order valence-corrected chi connectivity index (χ4v) is 2.41. The molecule has 0 aromatic heterocycles. The number of hydrogen-bond acceptors (Lipinski definition) is 3. The van der Waals surface area contributed by atoms with Crippen LogP contribution >= 0.6 is 0 Å². The van der Waals surface area contributed by atoms with E-state index in [4.69, 9.17) is 10.5 Å². The van der Waals surface area contributed by atoms with Crippen LogP contribution in [0, 0.1) is 0 Å². The van der Waals surface area contributed by atoms with Crippen molar-refractivity contribution >= 4 is 5.69 Å². The number of nitrogens with one attached hydrogen (secondary N) is 1. The minimum Gasteiger partial charge on any atom is -0.492 e. The lowest BCUT2D eigenvalue weighted by molar-refractivity contribution is 0.340. The predicted molar refractivity (Wildman–Crippen MR) is 71.5 cm³/mol. The van der Waals surface area contributed by atoms with E-state index in [0.29, 0.717) is 12.6 Å². The molecule has 3 nitrogen and oxygen atoms in total. The number of benzene rings is 1. The highest BCUT2D eigenvalue weighted by Gasteiger charge is 2.22. The molecule has 0 heterocycles. The van der Waals surface area contributed by atoms with Gasteiger partial charge in [-0.3, -0.25) is 0 Å². The standard InChI is InChI=1S/C14H22N2O/c1-2-17-14-10-6-5-9-13(14)16-12-8-4-3-7-11(12)15/h5-6,9-12,16H,2-4,7-8,15H2,1H3. The van der Waals surface area contributed by atoms with E-state index in [1.165, 1.54) is 12.8 Å². The molecule has 1 aliphatic carbocycles. The van der Waals surface area contributed by atoms with Gasteiger partial charge in [-0.25, -0.2) is 0 Å². The van der Waals surface area contributed by atoms with E-state index in [1.807, 2.05) is 25.1 Å². The van der Waals surface area contributed by atoms with Gasteiger partial charge in [0.2, 0.25) is 0 Å². The van der Waals surface area contributed by atoms with Crippen LogP contribution in [0.1, 0.15) is 32.6 Å². The lowest BCUT2D eigenvalue weighted by Gasteiger charge is -2.30. The molecule has 2 rings (SSSR count). The molecule has 0 amide bonds. The van der Waals surface area contributed by atoms with E-state index in [2.05, 4.69) is 11.4 Å². The largest absolute Gasteiger partial charge is 0.492 e. The Balaban J connectivity index is 2.06. The molecule has 1 saturated carbocycles. The molecule has 2 unspecified atom stereocenters. The molecule has 1 aromatic rings. The summed E-state index contributed by atoms with van der Waals surface area (Å²) in [5, 5.41) is 3.53. The fraction of sp³-hybridized carbons (Fsp3) is 0.571. The van der Waals surface area contributed by atoms with Crippen LogP contribution in [0.4, 0.5) is 5.69 Å². The Bertz CT molecular complexity index is 354. The summed E-state index contributed by atoms with van der Waals surface area (Å²) in [5.41, 5.74) is 7.21. The van der Waals surface area contributed by atoms with Crippen LogP contribution in [0.3, 0.4) is 0 Å². The first kappa shape index (κ1) is 12.2. The lowest BCUT2D eigenvalue weighted by Crippen LogP contribution is -2.42. The highest BCUT2D eigenvalue weighted by molar-refractivity contribution is 5.57. The average molecular weight is 234 g/mol. The predicted octanol–water partition coefficient (Wildman–Crippen LogP) is 2.77. The van der Waals surface area contributed by atoms with Crippen LogP contribution in [-0.2, 0) is 0 Å². The van der Waals surface area contributed by atoms with Gasteiger partial charge in [-0.1, -0.05) is 25.0 Å². The molecular formula is C14H22N2O. The Labute approximate surface area is 103 Å². The van der Waals surface area contributed by atoms with Gasteiger partial charge in [0.25, 0.3) is 0 Å². The maximum atomic E-state index is 6.15. The van der Waals surface area contributed by atoms with Crippen LogP contribution in [0.5, 0.6) is 5.75 Å². The van der Waals surface area contributed by atoms with E-state index in [0.717, 1.165) is 24.3 Å². The third-order valence-electron chi connectivity index (χ3n) is 3.35. The maximum Gasteiger partial charge on any atom is 0.142 e. The van der Waals surface area contributed by atoms with Gasteiger partial charge < -0.3 is 15.8 Å². The third-order valence-corrected chi connectivity index (χ3v) is 3.35. The summed E-state index contributed by atoms with van der Waals surface area (Å²) in [6.45, 7) is 2.69. The number of para-hydroxylation sites is 2. The van der Waals surface area contributed by atoms with E-state index >= 15 is 0 Å². The first-order valence-corrected chi connectivity index (χ1v) is 6.55. The van der Waals surface area contributed by atoms with E-state index in [9.17, 15) is 0 Å². The van der Waals surface area contributed by atoms with Crippen molar-refractivity contribution in [2.24, 2.45) is 5.73 Å². The summed E-state index contributed by atoms with van der Waals surface area (Å²) in [6, 6.07) is 8.73. The summed E-state index contributed by atoms with van der Waals surface area (Å²) in [5.74, 6) is 0.924. The number of hydrogen-bond donors (Lipinski definition) is 2. The average Bonchev–Trinajstić information content (AvgIpc) is 2.35. The molecular weight excluding hydrogens is 212 g/mol. The SMILES string of the molecule is CCOc1ccccc1NC1CCCCC1N. The second-order valence-corrected chi connectivity index (χ2v) is 4.63. The zero-order chi connectivity index (χ0) is 12.1. The molecule has 0 saturated heterocycles. The Hall–Kier alpha value is -1.22. The van der Waals surface area contributed by atoms with Crippen LogP contribution in [0.25, 0.3) is 0 Å². The van der Waals surface area contributed by atoms with Crippen molar-refractivity contribution in [1.29, 1.82) is 0 Å². The van der Waals surface area contributed by atoms with Crippen molar-refractivity contribution in [3.8, 4) is 5.75 Å². The van der Waals surface area contributed by atoms with E-state index in [-0.39, 0.29) is 6.04 Å². The Morgan fingerprint density at radius 3 is 2.82 bits per heavy atom. The monoisotopic (exact) mass is 234 g/mol. The van der Waals surface area contributed by atoms with E-state index < -0.39 is 0 Å².